The monoisotopic (exact) mass is 472 g/mol. The van der Waals surface area contributed by atoms with Crippen LogP contribution < -0.4 is 9.46 Å². The van der Waals surface area contributed by atoms with Gasteiger partial charge in [-0.3, -0.25) is 4.79 Å². The van der Waals surface area contributed by atoms with Gasteiger partial charge < -0.3 is 9.64 Å². The molecule has 1 N–H and O–H groups in total. The minimum Gasteiger partial charge on any atom is -0.492 e. The number of halogens is 1. The number of hydrogen-bond donors (Lipinski definition) is 1. The Bertz CT molecular complexity index is 1180. The van der Waals surface area contributed by atoms with Crippen molar-refractivity contribution in [3.8, 4) is 16.9 Å². The van der Waals surface area contributed by atoms with Crippen LogP contribution in [0.15, 0.2) is 42.5 Å². The summed E-state index contributed by atoms with van der Waals surface area (Å²) in [5.74, 6) is 0.0828. The van der Waals surface area contributed by atoms with Crippen LogP contribution in [0.5, 0.6) is 5.75 Å². The molecule has 2 aliphatic heterocycles. The molecule has 2 aromatic carbocycles. The van der Waals surface area contributed by atoms with Crippen molar-refractivity contribution in [2.45, 2.75) is 62.3 Å². The second-order valence-electron chi connectivity index (χ2n) is 9.55. The predicted molar refractivity (Wildman–Crippen MR) is 124 cm³/mol. The maximum absolute atomic E-state index is 15.7. The van der Waals surface area contributed by atoms with Gasteiger partial charge in [-0.2, -0.15) is 0 Å². The van der Waals surface area contributed by atoms with E-state index >= 15 is 4.39 Å². The van der Waals surface area contributed by atoms with E-state index in [1.165, 1.54) is 0 Å². The molecule has 5 rings (SSSR count). The molecule has 1 saturated heterocycles. The zero-order chi connectivity index (χ0) is 23.2. The van der Waals surface area contributed by atoms with Gasteiger partial charge in [0, 0.05) is 23.7 Å². The quantitative estimate of drug-likeness (QED) is 0.740. The van der Waals surface area contributed by atoms with Crippen molar-refractivity contribution in [3.05, 3.63) is 53.8 Å². The molecule has 2 heterocycles. The normalized spacial score (nSPS) is 24.5. The Labute approximate surface area is 194 Å². The van der Waals surface area contributed by atoms with Gasteiger partial charge in [-0.05, 0) is 50.7 Å². The molecule has 1 saturated carbocycles. The van der Waals surface area contributed by atoms with Gasteiger partial charge in [0.2, 0.25) is 15.9 Å². The SMILES string of the molecule is CC1(S(=O)(=O)NC2CCCN3C(=O)CCOc4ccccc4-c4cccc(c4F)CC23)CC1. The average Bonchev–Trinajstić information content (AvgIpc) is 3.55. The van der Waals surface area contributed by atoms with E-state index in [0.717, 1.165) is 0 Å². The summed E-state index contributed by atoms with van der Waals surface area (Å²) in [4.78, 5) is 14.9. The number of nitrogens with one attached hydrogen (secondary N) is 1. The van der Waals surface area contributed by atoms with Crippen LogP contribution in [0.3, 0.4) is 0 Å². The first-order valence-electron chi connectivity index (χ1n) is 11.6. The number of para-hydroxylation sites is 1. The lowest BCUT2D eigenvalue weighted by atomic mass is 9.89. The zero-order valence-corrected chi connectivity index (χ0v) is 19.5. The Balaban J connectivity index is 1.55. The van der Waals surface area contributed by atoms with Crippen molar-refractivity contribution in [1.29, 1.82) is 0 Å². The molecule has 2 unspecified atom stereocenters. The van der Waals surface area contributed by atoms with Crippen LogP contribution in [0.25, 0.3) is 11.1 Å². The maximum Gasteiger partial charge on any atom is 0.226 e. The van der Waals surface area contributed by atoms with E-state index in [9.17, 15) is 13.2 Å². The number of nitrogens with zero attached hydrogens (tertiary/aromatic N) is 1. The molecule has 176 valence electrons. The smallest absolute Gasteiger partial charge is 0.226 e. The molecule has 2 bridgehead atoms. The van der Waals surface area contributed by atoms with Gasteiger partial charge in [0.15, 0.2) is 0 Å². The standard InChI is InChI=1S/C25H29FN2O4S/c1-25(12-13-25)33(30,31)27-20-9-5-14-28-21(20)16-17-6-4-8-19(24(17)26)18-7-2-3-10-22(18)32-15-11-23(28)29/h2-4,6-8,10,20-21,27H,5,9,11-16H2,1H3. The van der Waals surface area contributed by atoms with Gasteiger partial charge in [0.1, 0.15) is 11.6 Å². The molecule has 2 fully saturated rings. The summed E-state index contributed by atoms with van der Waals surface area (Å²) in [6.07, 6.45) is 3.01. The number of carbonyl (C=O) groups excluding carboxylic acids is 1. The number of carbonyl (C=O) groups is 1. The molecule has 2 aromatic rings. The number of fused-ring (bicyclic) bond motifs is 5. The van der Waals surface area contributed by atoms with E-state index in [0.29, 0.717) is 54.7 Å². The summed E-state index contributed by atoms with van der Waals surface area (Å²) in [5.41, 5.74) is 1.55. The fourth-order valence-corrected chi connectivity index (χ4v) is 6.52. The molecule has 0 radical (unpaired) electrons. The summed E-state index contributed by atoms with van der Waals surface area (Å²) in [6.45, 7) is 2.45. The fourth-order valence-electron chi connectivity index (χ4n) is 4.92. The Hall–Kier alpha value is -2.45. The Kier molecular flexibility index (Phi) is 5.69. The molecule has 8 heteroatoms. The molecule has 0 spiro atoms. The largest absolute Gasteiger partial charge is 0.492 e. The van der Waals surface area contributed by atoms with Crippen molar-refractivity contribution in [2.75, 3.05) is 13.2 Å². The summed E-state index contributed by atoms with van der Waals surface area (Å²) in [5, 5.41) is 0. The third-order valence-electron chi connectivity index (χ3n) is 7.27. The van der Waals surface area contributed by atoms with E-state index in [2.05, 4.69) is 4.72 Å². The highest BCUT2D eigenvalue weighted by Gasteiger charge is 2.51. The van der Waals surface area contributed by atoms with Crippen molar-refractivity contribution in [3.63, 3.8) is 0 Å². The number of hydrogen-bond acceptors (Lipinski definition) is 4. The first-order valence-corrected chi connectivity index (χ1v) is 13.1. The number of piperidine rings is 1. The topological polar surface area (TPSA) is 75.7 Å². The highest BCUT2D eigenvalue weighted by atomic mass is 32.2. The van der Waals surface area contributed by atoms with Crippen LogP contribution in [0.2, 0.25) is 0 Å². The Morgan fingerprint density at radius 1 is 1.12 bits per heavy atom. The summed E-state index contributed by atoms with van der Waals surface area (Å²) >= 11 is 0. The lowest BCUT2D eigenvalue weighted by Crippen LogP contribution is -2.59. The third kappa shape index (κ3) is 4.15. The minimum absolute atomic E-state index is 0.101. The van der Waals surface area contributed by atoms with Gasteiger partial charge in [0.05, 0.1) is 23.8 Å². The highest BCUT2D eigenvalue weighted by molar-refractivity contribution is 7.91. The van der Waals surface area contributed by atoms with Crippen LogP contribution >= 0.6 is 0 Å². The van der Waals surface area contributed by atoms with Crippen molar-refractivity contribution >= 4 is 15.9 Å². The van der Waals surface area contributed by atoms with Crippen LogP contribution in [-0.4, -0.2) is 49.2 Å². The number of amides is 1. The van der Waals surface area contributed by atoms with E-state index in [1.54, 1.807) is 36.1 Å². The lowest BCUT2D eigenvalue weighted by molar-refractivity contribution is -0.136. The van der Waals surface area contributed by atoms with Crippen molar-refractivity contribution in [2.24, 2.45) is 0 Å². The fraction of sp³-hybridized carbons (Fsp3) is 0.480. The first-order chi connectivity index (χ1) is 15.8. The molecule has 3 aliphatic rings. The molecular weight excluding hydrogens is 443 g/mol. The second-order valence-corrected chi connectivity index (χ2v) is 11.8. The second kappa shape index (κ2) is 8.40. The third-order valence-corrected chi connectivity index (χ3v) is 9.59. The Morgan fingerprint density at radius 2 is 1.88 bits per heavy atom. The zero-order valence-electron chi connectivity index (χ0n) is 18.7. The van der Waals surface area contributed by atoms with Gasteiger partial charge in [-0.15, -0.1) is 0 Å². The average molecular weight is 473 g/mol. The molecule has 33 heavy (non-hydrogen) atoms. The van der Waals surface area contributed by atoms with Crippen LogP contribution in [0, 0.1) is 5.82 Å². The van der Waals surface area contributed by atoms with E-state index < -0.39 is 26.9 Å². The lowest BCUT2D eigenvalue weighted by Gasteiger charge is -2.42. The van der Waals surface area contributed by atoms with E-state index in [4.69, 9.17) is 4.74 Å². The van der Waals surface area contributed by atoms with Crippen LogP contribution in [-0.2, 0) is 21.2 Å². The van der Waals surface area contributed by atoms with Gasteiger partial charge in [0.25, 0.3) is 0 Å². The number of rotatable bonds is 3. The van der Waals surface area contributed by atoms with Crippen molar-refractivity contribution in [1.82, 2.24) is 9.62 Å². The summed E-state index contributed by atoms with van der Waals surface area (Å²) in [6, 6.07) is 11.6. The number of sulfonamides is 1. The number of benzene rings is 2. The van der Waals surface area contributed by atoms with Crippen LogP contribution in [0.4, 0.5) is 4.39 Å². The molecule has 1 aliphatic carbocycles. The number of ether oxygens (including phenoxy) is 1. The maximum atomic E-state index is 15.7. The van der Waals surface area contributed by atoms with E-state index in [-0.39, 0.29) is 31.2 Å². The molecule has 1 amide bonds. The minimum atomic E-state index is -3.53. The summed E-state index contributed by atoms with van der Waals surface area (Å²) in [7, 11) is -3.53. The van der Waals surface area contributed by atoms with Gasteiger partial charge in [-0.25, -0.2) is 17.5 Å². The van der Waals surface area contributed by atoms with Crippen LogP contribution in [0.1, 0.15) is 44.6 Å². The first kappa shape index (κ1) is 22.3. The highest BCUT2D eigenvalue weighted by Crippen LogP contribution is 2.43. The van der Waals surface area contributed by atoms with E-state index in [1.807, 2.05) is 18.2 Å². The molecule has 2 atom stereocenters. The Morgan fingerprint density at radius 3 is 2.67 bits per heavy atom. The van der Waals surface area contributed by atoms with Gasteiger partial charge in [-0.1, -0.05) is 36.4 Å². The van der Waals surface area contributed by atoms with Crippen molar-refractivity contribution < 1.29 is 22.3 Å². The molecule has 6 nitrogen and oxygen atoms in total. The van der Waals surface area contributed by atoms with Gasteiger partial charge >= 0.3 is 0 Å². The molecular formula is C25H29FN2O4S. The predicted octanol–water partition coefficient (Wildman–Crippen LogP) is 3.65. The summed E-state index contributed by atoms with van der Waals surface area (Å²) < 4.78 is 49.8. The molecule has 0 aromatic heterocycles.